The largest absolute Gasteiger partial charge is 0.416 e. The van der Waals surface area contributed by atoms with E-state index in [2.05, 4.69) is 0 Å². The first-order valence-electron chi connectivity index (χ1n) is 5.91. The zero-order valence-corrected chi connectivity index (χ0v) is 10.5. The van der Waals surface area contributed by atoms with E-state index in [1.807, 2.05) is 0 Å². The van der Waals surface area contributed by atoms with Gasteiger partial charge in [0, 0.05) is 18.1 Å². The number of benzene rings is 2. The van der Waals surface area contributed by atoms with Gasteiger partial charge in [-0.3, -0.25) is 4.79 Å². The molecule has 0 amide bonds. The number of halogens is 5. The van der Waals surface area contributed by atoms with Crippen LogP contribution in [0.4, 0.5) is 22.0 Å². The van der Waals surface area contributed by atoms with Crippen molar-refractivity contribution in [3.63, 3.8) is 0 Å². The van der Waals surface area contributed by atoms with Crippen molar-refractivity contribution in [1.82, 2.24) is 0 Å². The van der Waals surface area contributed by atoms with Crippen LogP contribution in [0.1, 0.15) is 21.5 Å². The zero-order chi connectivity index (χ0) is 15.6. The summed E-state index contributed by atoms with van der Waals surface area (Å²) in [6, 6.07) is 6.44. The highest BCUT2D eigenvalue weighted by atomic mass is 19.4. The lowest BCUT2D eigenvalue weighted by Crippen LogP contribution is -2.07. The van der Waals surface area contributed by atoms with Gasteiger partial charge >= 0.3 is 6.18 Å². The second-order valence-electron chi connectivity index (χ2n) is 4.45. The summed E-state index contributed by atoms with van der Waals surface area (Å²) in [5, 5.41) is 0. The van der Waals surface area contributed by atoms with Crippen molar-refractivity contribution in [1.29, 1.82) is 0 Å². The Hall–Kier alpha value is -2.24. The predicted octanol–water partition coefficient (Wildman–Crippen LogP) is 4.41. The van der Waals surface area contributed by atoms with E-state index in [1.54, 1.807) is 0 Å². The molecule has 0 fully saturated rings. The molecule has 0 saturated heterocycles. The van der Waals surface area contributed by atoms with Crippen molar-refractivity contribution in [3.8, 4) is 0 Å². The Labute approximate surface area is 117 Å². The SMILES string of the molecule is O=C(Cc1ccc(C(F)(F)F)cc1)c1cc(F)cc(F)c1. The number of rotatable bonds is 3. The highest BCUT2D eigenvalue weighted by Crippen LogP contribution is 2.29. The van der Waals surface area contributed by atoms with E-state index >= 15 is 0 Å². The molecule has 0 aromatic heterocycles. The molecule has 0 spiro atoms. The van der Waals surface area contributed by atoms with Gasteiger partial charge in [0.2, 0.25) is 0 Å². The molecular weight excluding hydrogens is 291 g/mol. The first kappa shape index (κ1) is 15.2. The minimum atomic E-state index is -4.45. The minimum absolute atomic E-state index is 0.160. The molecule has 0 unspecified atom stereocenters. The van der Waals surface area contributed by atoms with Gasteiger partial charge in [0.25, 0.3) is 0 Å². The molecule has 1 nitrogen and oxygen atoms in total. The lowest BCUT2D eigenvalue weighted by atomic mass is 10.0. The molecule has 110 valence electrons. The van der Waals surface area contributed by atoms with Crippen LogP contribution >= 0.6 is 0 Å². The number of Topliss-reactive ketones (excluding diaryl/α,β-unsaturated/α-hetero) is 1. The number of ketones is 1. The van der Waals surface area contributed by atoms with Gasteiger partial charge in [-0.1, -0.05) is 12.1 Å². The Kier molecular flexibility index (Phi) is 4.06. The van der Waals surface area contributed by atoms with E-state index in [4.69, 9.17) is 0 Å². The number of hydrogen-bond donors (Lipinski definition) is 0. The molecule has 0 heterocycles. The second-order valence-corrected chi connectivity index (χ2v) is 4.45. The van der Waals surface area contributed by atoms with Crippen LogP contribution in [0.2, 0.25) is 0 Å². The van der Waals surface area contributed by atoms with E-state index in [-0.39, 0.29) is 12.0 Å². The number of carbonyl (C=O) groups excluding carboxylic acids is 1. The molecule has 0 atom stereocenters. The average molecular weight is 300 g/mol. The van der Waals surface area contributed by atoms with Gasteiger partial charge in [-0.05, 0) is 29.8 Å². The van der Waals surface area contributed by atoms with Crippen LogP contribution in [0.5, 0.6) is 0 Å². The van der Waals surface area contributed by atoms with E-state index < -0.39 is 29.2 Å². The fraction of sp³-hybridized carbons (Fsp3) is 0.133. The Morgan fingerprint density at radius 3 is 1.90 bits per heavy atom. The molecule has 0 aliphatic heterocycles. The van der Waals surface area contributed by atoms with Crippen LogP contribution in [0.15, 0.2) is 42.5 Å². The molecule has 0 N–H and O–H groups in total. The Morgan fingerprint density at radius 1 is 0.905 bits per heavy atom. The van der Waals surface area contributed by atoms with Gasteiger partial charge in [0.05, 0.1) is 5.56 Å². The number of alkyl halides is 3. The third kappa shape index (κ3) is 3.87. The molecule has 0 saturated carbocycles. The van der Waals surface area contributed by atoms with Crippen LogP contribution in [0.25, 0.3) is 0 Å². The second kappa shape index (κ2) is 5.63. The summed E-state index contributed by atoms with van der Waals surface area (Å²) in [4.78, 5) is 11.8. The lowest BCUT2D eigenvalue weighted by molar-refractivity contribution is -0.137. The van der Waals surface area contributed by atoms with E-state index in [9.17, 15) is 26.7 Å². The summed E-state index contributed by atoms with van der Waals surface area (Å²) in [7, 11) is 0. The molecule has 2 rings (SSSR count). The maximum atomic E-state index is 13.0. The summed E-state index contributed by atoms with van der Waals surface area (Å²) in [5.41, 5.74) is -0.652. The summed E-state index contributed by atoms with van der Waals surface area (Å²) in [6.07, 6.45) is -4.69. The van der Waals surface area contributed by atoms with Crippen molar-refractivity contribution < 1.29 is 26.7 Å². The highest BCUT2D eigenvalue weighted by Gasteiger charge is 2.29. The topological polar surface area (TPSA) is 17.1 Å². The van der Waals surface area contributed by atoms with Crippen LogP contribution in [-0.2, 0) is 12.6 Å². The molecule has 2 aromatic carbocycles. The Balaban J connectivity index is 2.16. The summed E-state index contributed by atoms with van der Waals surface area (Å²) in [6.45, 7) is 0. The molecule has 6 heteroatoms. The molecule has 0 radical (unpaired) electrons. The van der Waals surface area contributed by atoms with Crippen LogP contribution in [0.3, 0.4) is 0 Å². The smallest absolute Gasteiger partial charge is 0.294 e. The molecule has 2 aromatic rings. The summed E-state index contributed by atoms with van der Waals surface area (Å²) in [5.74, 6) is -2.34. The summed E-state index contributed by atoms with van der Waals surface area (Å²) < 4.78 is 63.1. The number of carbonyl (C=O) groups is 1. The minimum Gasteiger partial charge on any atom is -0.294 e. The molecule has 0 bridgehead atoms. The summed E-state index contributed by atoms with van der Waals surface area (Å²) >= 11 is 0. The highest BCUT2D eigenvalue weighted by molar-refractivity contribution is 5.97. The van der Waals surface area contributed by atoms with Crippen molar-refractivity contribution in [2.24, 2.45) is 0 Å². The van der Waals surface area contributed by atoms with Gasteiger partial charge < -0.3 is 0 Å². The first-order chi connectivity index (χ1) is 9.75. The maximum absolute atomic E-state index is 13.0. The quantitative estimate of drug-likeness (QED) is 0.606. The molecule has 0 aliphatic rings. The van der Waals surface area contributed by atoms with Crippen LogP contribution in [-0.4, -0.2) is 5.78 Å². The van der Waals surface area contributed by atoms with E-state index in [0.29, 0.717) is 11.6 Å². The van der Waals surface area contributed by atoms with Gasteiger partial charge in [-0.2, -0.15) is 13.2 Å². The Morgan fingerprint density at radius 2 is 1.43 bits per heavy atom. The maximum Gasteiger partial charge on any atom is 0.416 e. The van der Waals surface area contributed by atoms with Crippen molar-refractivity contribution in [3.05, 3.63) is 70.8 Å². The number of hydrogen-bond acceptors (Lipinski definition) is 1. The van der Waals surface area contributed by atoms with E-state index in [1.165, 1.54) is 0 Å². The zero-order valence-electron chi connectivity index (χ0n) is 10.5. The van der Waals surface area contributed by atoms with Crippen molar-refractivity contribution in [2.75, 3.05) is 0 Å². The average Bonchev–Trinajstić information content (AvgIpc) is 2.37. The van der Waals surface area contributed by atoms with Crippen LogP contribution in [0, 0.1) is 11.6 Å². The monoisotopic (exact) mass is 300 g/mol. The lowest BCUT2D eigenvalue weighted by Gasteiger charge is -2.07. The fourth-order valence-corrected chi connectivity index (χ4v) is 1.81. The third-order valence-electron chi connectivity index (χ3n) is 2.83. The normalized spacial score (nSPS) is 11.5. The van der Waals surface area contributed by atoms with Crippen molar-refractivity contribution >= 4 is 5.78 Å². The molecule has 21 heavy (non-hydrogen) atoms. The molecule has 0 aliphatic carbocycles. The van der Waals surface area contributed by atoms with Gasteiger partial charge in [-0.25, -0.2) is 8.78 Å². The van der Waals surface area contributed by atoms with Crippen molar-refractivity contribution in [2.45, 2.75) is 12.6 Å². The molecular formula is C15H9F5O. The van der Waals surface area contributed by atoms with Crippen LogP contribution < -0.4 is 0 Å². The predicted molar refractivity (Wildman–Crippen MR) is 65.8 cm³/mol. The Bertz CT molecular complexity index is 639. The third-order valence-corrected chi connectivity index (χ3v) is 2.83. The fourth-order valence-electron chi connectivity index (χ4n) is 1.81. The van der Waals surface area contributed by atoms with E-state index in [0.717, 1.165) is 36.4 Å². The van der Waals surface area contributed by atoms with Gasteiger partial charge in [0.15, 0.2) is 5.78 Å². The van der Waals surface area contributed by atoms with Gasteiger partial charge in [-0.15, -0.1) is 0 Å². The standard InChI is InChI=1S/C15H9F5O/c16-12-6-10(7-13(17)8-12)14(21)5-9-1-3-11(4-2-9)15(18,19)20/h1-4,6-8H,5H2. The van der Waals surface area contributed by atoms with Gasteiger partial charge in [0.1, 0.15) is 11.6 Å². The first-order valence-corrected chi connectivity index (χ1v) is 5.91.